The Morgan fingerprint density at radius 2 is 1.74 bits per heavy atom. The number of benzene rings is 1. The maximum absolute atomic E-state index is 6.16. The Morgan fingerprint density at radius 3 is 2.26 bits per heavy atom. The van der Waals surface area contributed by atoms with Gasteiger partial charge in [0.1, 0.15) is 0 Å². The van der Waals surface area contributed by atoms with E-state index in [1.165, 1.54) is 11.8 Å². The first-order valence-corrected chi connectivity index (χ1v) is 9.74. The van der Waals surface area contributed by atoms with Crippen molar-refractivity contribution in [3.05, 3.63) is 34.3 Å². The summed E-state index contributed by atoms with van der Waals surface area (Å²) in [5.41, 5.74) is 3.53. The van der Waals surface area contributed by atoms with Gasteiger partial charge in [-0.2, -0.15) is 15.1 Å². The molecule has 0 bridgehead atoms. The molecule has 0 aliphatic carbocycles. The van der Waals surface area contributed by atoms with Crippen molar-refractivity contribution >= 4 is 46.9 Å². The lowest BCUT2D eigenvalue weighted by Gasteiger charge is -2.26. The Balaban J connectivity index is 2.18. The van der Waals surface area contributed by atoms with Crippen LogP contribution in [-0.4, -0.2) is 35.7 Å². The fourth-order valence-electron chi connectivity index (χ4n) is 1.94. The van der Waals surface area contributed by atoms with Crippen LogP contribution in [0.4, 0.5) is 5.69 Å². The molecule has 1 unspecified atom stereocenters. The molecule has 0 aliphatic rings. The first-order valence-electron chi connectivity index (χ1n) is 8.11. The van der Waals surface area contributed by atoms with Gasteiger partial charge in [0.05, 0.1) is 36.2 Å². The Morgan fingerprint density at radius 1 is 1.11 bits per heavy atom. The van der Waals surface area contributed by atoms with Crippen LogP contribution in [0.2, 0.25) is 10.0 Å². The highest BCUT2D eigenvalue weighted by atomic mass is 35.5. The van der Waals surface area contributed by atoms with Crippen molar-refractivity contribution in [1.82, 2.24) is 9.97 Å². The predicted molar refractivity (Wildman–Crippen MR) is 113 cm³/mol. The number of hydrogen-bond acceptors (Lipinski definition) is 7. The molecule has 0 amide bonds. The summed E-state index contributed by atoms with van der Waals surface area (Å²) in [6.45, 7) is 6.34. The highest BCUT2D eigenvalue weighted by Crippen LogP contribution is 2.34. The van der Waals surface area contributed by atoms with Gasteiger partial charge in [0.2, 0.25) is 11.8 Å². The number of nitrogens with one attached hydrogen (secondary N) is 1. The van der Waals surface area contributed by atoms with E-state index in [4.69, 9.17) is 32.7 Å². The van der Waals surface area contributed by atoms with E-state index in [1.807, 2.05) is 6.21 Å². The molecule has 0 fully saturated rings. The third-order valence-corrected chi connectivity index (χ3v) is 5.51. The molecular weight excluding hydrogens is 407 g/mol. The minimum Gasteiger partial charge on any atom is -0.481 e. The third-order valence-electron chi connectivity index (χ3n) is 3.49. The molecule has 2 rings (SSSR count). The standard InChI is InChI=1S/C18H22Cl2N4O2S/c1-18(2,3)14(10-21-24-13-7-6-11(19)8-12(13)20)27-17-22-15(25-4)9-16(23-17)26-5/h6-10,14,24H,1-5H3. The first-order chi connectivity index (χ1) is 12.7. The summed E-state index contributed by atoms with van der Waals surface area (Å²) in [5.74, 6) is 0.889. The van der Waals surface area contributed by atoms with E-state index in [-0.39, 0.29) is 10.7 Å². The van der Waals surface area contributed by atoms with Crippen molar-refractivity contribution in [1.29, 1.82) is 0 Å². The zero-order chi connectivity index (χ0) is 20.0. The van der Waals surface area contributed by atoms with Crippen molar-refractivity contribution in [3.63, 3.8) is 0 Å². The van der Waals surface area contributed by atoms with Gasteiger partial charge in [0, 0.05) is 11.2 Å². The average molecular weight is 429 g/mol. The minimum absolute atomic E-state index is 0.0205. The molecule has 0 radical (unpaired) electrons. The van der Waals surface area contributed by atoms with E-state index >= 15 is 0 Å². The number of hydrazone groups is 1. The summed E-state index contributed by atoms with van der Waals surface area (Å²) < 4.78 is 10.4. The van der Waals surface area contributed by atoms with Gasteiger partial charge in [0.15, 0.2) is 5.16 Å². The molecule has 0 spiro atoms. The molecule has 1 heterocycles. The zero-order valence-electron chi connectivity index (χ0n) is 15.8. The molecular formula is C18H22Cl2N4O2S. The Hall–Kier alpha value is -1.70. The number of thioether (sulfide) groups is 1. The van der Waals surface area contributed by atoms with E-state index < -0.39 is 0 Å². The van der Waals surface area contributed by atoms with Crippen LogP contribution in [0.25, 0.3) is 0 Å². The monoisotopic (exact) mass is 428 g/mol. The number of anilines is 1. The lowest BCUT2D eigenvalue weighted by Crippen LogP contribution is -2.25. The van der Waals surface area contributed by atoms with Gasteiger partial charge in [-0.3, -0.25) is 5.43 Å². The van der Waals surface area contributed by atoms with Crippen molar-refractivity contribution in [3.8, 4) is 11.8 Å². The number of halogens is 2. The highest BCUT2D eigenvalue weighted by molar-refractivity contribution is 8.00. The maximum atomic E-state index is 6.16. The van der Waals surface area contributed by atoms with Gasteiger partial charge < -0.3 is 9.47 Å². The van der Waals surface area contributed by atoms with Crippen molar-refractivity contribution in [2.24, 2.45) is 10.5 Å². The molecule has 6 nitrogen and oxygen atoms in total. The van der Waals surface area contributed by atoms with Gasteiger partial charge in [-0.05, 0) is 23.6 Å². The van der Waals surface area contributed by atoms with Crippen LogP contribution in [0.3, 0.4) is 0 Å². The molecule has 2 aromatic rings. The van der Waals surface area contributed by atoms with Crippen LogP contribution in [0.5, 0.6) is 11.8 Å². The summed E-state index contributed by atoms with van der Waals surface area (Å²) >= 11 is 13.5. The second-order valence-corrected chi connectivity index (χ2v) is 8.61. The van der Waals surface area contributed by atoms with Crippen molar-refractivity contribution in [2.75, 3.05) is 19.6 Å². The van der Waals surface area contributed by atoms with Crippen LogP contribution in [0.1, 0.15) is 20.8 Å². The highest BCUT2D eigenvalue weighted by Gasteiger charge is 2.26. The largest absolute Gasteiger partial charge is 0.481 e. The van der Waals surface area contributed by atoms with E-state index in [1.54, 1.807) is 38.5 Å². The summed E-state index contributed by atoms with van der Waals surface area (Å²) in [4.78, 5) is 8.75. The molecule has 0 aliphatic heterocycles. The second-order valence-electron chi connectivity index (χ2n) is 6.65. The quantitative estimate of drug-likeness (QED) is 0.275. The topological polar surface area (TPSA) is 68.6 Å². The summed E-state index contributed by atoms with van der Waals surface area (Å²) in [6.07, 6.45) is 1.81. The van der Waals surface area contributed by atoms with E-state index in [0.717, 1.165) is 0 Å². The first kappa shape index (κ1) is 21.6. The number of nitrogens with zero attached hydrogens (tertiary/aromatic N) is 3. The number of hydrogen-bond donors (Lipinski definition) is 1. The van der Waals surface area contributed by atoms with Gasteiger partial charge in [-0.15, -0.1) is 0 Å². The van der Waals surface area contributed by atoms with Crippen LogP contribution in [-0.2, 0) is 0 Å². The average Bonchev–Trinajstić information content (AvgIpc) is 2.61. The van der Waals surface area contributed by atoms with Crippen LogP contribution < -0.4 is 14.9 Å². The van der Waals surface area contributed by atoms with Crippen LogP contribution in [0.15, 0.2) is 34.5 Å². The molecule has 27 heavy (non-hydrogen) atoms. The Kier molecular flexibility index (Phi) is 7.59. The third kappa shape index (κ3) is 6.45. The fraction of sp³-hybridized carbons (Fsp3) is 0.389. The number of methoxy groups -OCH3 is 2. The lowest BCUT2D eigenvalue weighted by molar-refractivity contribution is 0.364. The maximum Gasteiger partial charge on any atom is 0.220 e. The predicted octanol–water partition coefficient (Wildman–Crippen LogP) is 5.41. The fourth-order valence-corrected chi connectivity index (χ4v) is 3.38. The van der Waals surface area contributed by atoms with Crippen molar-refractivity contribution in [2.45, 2.75) is 31.2 Å². The Bertz CT molecular complexity index is 790. The van der Waals surface area contributed by atoms with Gasteiger partial charge >= 0.3 is 0 Å². The zero-order valence-corrected chi connectivity index (χ0v) is 18.1. The molecule has 146 valence electrons. The van der Waals surface area contributed by atoms with Gasteiger partial charge in [-0.25, -0.2) is 0 Å². The van der Waals surface area contributed by atoms with Gasteiger partial charge in [-0.1, -0.05) is 55.7 Å². The molecule has 1 atom stereocenters. The number of rotatable bonds is 7. The molecule has 1 N–H and O–H groups in total. The molecule has 0 saturated heterocycles. The lowest BCUT2D eigenvalue weighted by atomic mass is 9.92. The summed E-state index contributed by atoms with van der Waals surface area (Å²) in [7, 11) is 3.11. The van der Waals surface area contributed by atoms with Crippen LogP contribution in [0, 0.1) is 5.41 Å². The second kappa shape index (κ2) is 9.48. The molecule has 1 aromatic carbocycles. The summed E-state index contributed by atoms with van der Waals surface area (Å²) in [5, 5.41) is 5.93. The number of ether oxygens (including phenoxy) is 2. The SMILES string of the molecule is COc1cc(OC)nc(SC(C=NNc2ccc(Cl)cc2Cl)C(C)(C)C)n1. The number of aromatic nitrogens is 2. The van der Waals surface area contributed by atoms with Crippen molar-refractivity contribution < 1.29 is 9.47 Å². The van der Waals surface area contributed by atoms with Gasteiger partial charge in [0.25, 0.3) is 0 Å². The molecule has 9 heteroatoms. The minimum atomic E-state index is -0.0979. The van der Waals surface area contributed by atoms with E-state index in [0.29, 0.717) is 32.6 Å². The van der Waals surface area contributed by atoms with E-state index in [9.17, 15) is 0 Å². The van der Waals surface area contributed by atoms with E-state index in [2.05, 4.69) is 41.3 Å². The molecule has 0 saturated carbocycles. The Labute approximate surface area is 173 Å². The smallest absolute Gasteiger partial charge is 0.220 e. The summed E-state index contributed by atoms with van der Waals surface area (Å²) in [6, 6.07) is 6.82. The molecule has 1 aromatic heterocycles. The van der Waals surface area contributed by atoms with Crippen LogP contribution >= 0.6 is 35.0 Å². The normalized spacial score (nSPS) is 12.9.